The highest BCUT2D eigenvalue weighted by Gasteiger charge is 2.42. The molecule has 1 aliphatic carbocycles. The summed E-state index contributed by atoms with van der Waals surface area (Å²) in [6.45, 7) is 0. The molecule has 1 aromatic rings. The van der Waals surface area contributed by atoms with Crippen LogP contribution in [0.2, 0.25) is 0 Å². The van der Waals surface area contributed by atoms with E-state index in [2.05, 4.69) is 0 Å². The third-order valence-electron chi connectivity index (χ3n) is 3.49. The van der Waals surface area contributed by atoms with Gasteiger partial charge < -0.3 is 9.84 Å². The van der Waals surface area contributed by atoms with Crippen LogP contribution in [0.3, 0.4) is 0 Å². The zero-order valence-electron chi connectivity index (χ0n) is 10.1. The van der Waals surface area contributed by atoms with Gasteiger partial charge in [-0.15, -0.1) is 0 Å². The van der Waals surface area contributed by atoms with E-state index in [1.807, 2.05) is 24.3 Å². The van der Waals surface area contributed by atoms with Gasteiger partial charge in [-0.1, -0.05) is 24.3 Å². The number of carboxylic acids is 1. The minimum atomic E-state index is -0.783. The molecule has 0 amide bonds. The number of hydrogen-bond donors (Lipinski definition) is 1. The normalized spacial score (nSPS) is 16.8. The molecule has 3 nitrogen and oxygen atoms in total. The van der Waals surface area contributed by atoms with Crippen LogP contribution in [0.15, 0.2) is 24.3 Å². The second-order valence-electron chi connectivity index (χ2n) is 4.77. The molecule has 2 rings (SSSR count). The monoisotopic (exact) mass is 234 g/mol. The van der Waals surface area contributed by atoms with Gasteiger partial charge in [0.2, 0.25) is 0 Å². The third kappa shape index (κ3) is 3.30. The Kier molecular flexibility index (Phi) is 3.48. The molecule has 1 aromatic carbocycles. The van der Waals surface area contributed by atoms with E-state index in [9.17, 15) is 4.79 Å². The number of rotatable bonds is 6. The summed E-state index contributed by atoms with van der Waals surface area (Å²) in [5.41, 5.74) is 2.25. The van der Waals surface area contributed by atoms with Crippen LogP contribution >= 0.6 is 0 Å². The minimum absolute atomic E-state index is 0.0995. The molecule has 0 radical (unpaired) electrons. The highest BCUT2D eigenvalue weighted by molar-refractivity contribution is 5.70. The first kappa shape index (κ1) is 12.1. The van der Waals surface area contributed by atoms with E-state index in [-0.39, 0.29) is 12.0 Å². The van der Waals surface area contributed by atoms with Gasteiger partial charge >= 0.3 is 5.97 Å². The van der Waals surface area contributed by atoms with Gasteiger partial charge in [0.15, 0.2) is 0 Å². The van der Waals surface area contributed by atoms with Crippen LogP contribution in [0.4, 0.5) is 0 Å². The zero-order chi connectivity index (χ0) is 12.3. The third-order valence-corrected chi connectivity index (χ3v) is 3.49. The van der Waals surface area contributed by atoms with Gasteiger partial charge in [0.05, 0.1) is 12.0 Å². The Hall–Kier alpha value is -1.35. The smallest absolute Gasteiger partial charge is 0.307 e. The van der Waals surface area contributed by atoms with Crippen molar-refractivity contribution in [1.82, 2.24) is 0 Å². The van der Waals surface area contributed by atoms with E-state index < -0.39 is 5.97 Å². The van der Waals surface area contributed by atoms with E-state index in [1.165, 1.54) is 18.4 Å². The first-order chi connectivity index (χ1) is 8.13. The molecule has 0 bridgehead atoms. The number of ether oxygens (including phenoxy) is 1. The fraction of sp³-hybridized carbons (Fsp3) is 0.500. The Bertz CT molecular complexity index is 390. The van der Waals surface area contributed by atoms with Crippen LogP contribution in [0, 0.1) is 0 Å². The highest BCUT2D eigenvalue weighted by atomic mass is 16.5. The summed E-state index contributed by atoms with van der Waals surface area (Å²) >= 11 is 0. The van der Waals surface area contributed by atoms with Crippen molar-refractivity contribution in [1.29, 1.82) is 0 Å². The molecule has 0 atom stereocenters. The lowest BCUT2D eigenvalue weighted by molar-refractivity contribution is -0.136. The summed E-state index contributed by atoms with van der Waals surface area (Å²) < 4.78 is 5.47. The van der Waals surface area contributed by atoms with Crippen molar-refractivity contribution in [3.8, 4) is 0 Å². The van der Waals surface area contributed by atoms with E-state index in [0.717, 1.165) is 18.4 Å². The van der Waals surface area contributed by atoms with Crippen LogP contribution in [0.5, 0.6) is 0 Å². The summed E-state index contributed by atoms with van der Waals surface area (Å²) in [6.07, 6.45) is 4.49. The van der Waals surface area contributed by atoms with Crippen LogP contribution in [0.1, 0.15) is 30.4 Å². The fourth-order valence-electron chi connectivity index (χ4n) is 2.07. The standard InChI is InChI=1S/C14H18O3/c1-17-14(8-9-14)7-6-11-2-4-12(5-3-11)10-13(15)16/h2-5H,6-10H2,1H3,(H,15,16). The molecule has 92 valence electrons. The zero-order valence-corrected chi connectivity index (χ0v) is 10.1. The lowest BCUT2D eigenvalue weighted by Gasteiger charge is -2.12. The average Bonchev–Trinajstić information content (AvgIpc) is 3.08. The fourth-order valence-corrected chi connectivity index (χ4v) is 2.07. The van der Waals surface area contributed by atoms with Crippen LogP contribution < -0.4 is 0 Å². The SMILES string of the molecule is COC1(CCc2ccc(CC(=O)O)cc2)CC1. The number of hydrogen-bond acceptors (Lipinski definition) is 2. The molecule has 1 N–H and O–H groups in total. The first-order valence-corrected chi connectivity index (χ1v) is 5.98. The van der Waals surface area contributed by atoms with Crippen LogP contribution in [-0.2, 0) is 22.4 Å². The lowest BCUT2D eigenvalue weighted by atomic mass is 10.0. The Balaban J connectivity index is 1.87. The number of aliphatic carboxylic acids is 1. The molecule has 0 aliphatic heterocycles. The molecule has 1 saturated carbocycles. The van der Waals surface area contributed by atoms with Gasteiger partial charge in [-0.2, -0.15) is 0 Å². The van der Waals surface area contributed by atoms with Gasteiger partial charge in [-0.25, -0.2) is 0 Å². The van der Waals surface area contributed by atoms with Gasteiger partial charge in [0.25, 0.3) is 0 Å². The van der Waals surface area contributed by atoms with Crippen molar-refractivity contribution >= 4 is 5.97 Å². The van der Waals surface area contributed by atoms with Gasteiger partial charge in [-0.3, -0.25) is 4.79 Å². The lowest BCUT2D eigenvalue weighted by Crippen LogP contribution is -2.12. The predicted molar refractivity (Wildman–Crippen MR) is 65.1 cm³/mol. The van der Waals surface area contributed by atoms with Gasteiger partial charge in [0.1, 0.15) is 0 Å². The maximum Gasteiger partial charge on any atom is 0.307 e. The van der Waals surface area contributed by atoms with Gasteiger partial charge in [0, 0.05) is 7.11 Å². The van der Waals surface area contributed by atoms with E-state index in [1.54, 1.807) is 7.11 Å². The molecular weight excluding hydrogens is 216 g/mol. The van der Waals surface area contributed by atoms with Crippen LogP contribution in [-0.4, -0.2) is 23.8 Å². The molecule has 3 heteroatoms. The Morgan fingerprint density at radius 1 is 1.29 bits per heavy atom. The maximum absolute atomic E-state index is 10.5. The number of carboxylic acid groups (broad SMARTS) is 1. The molecule has 0 aromatic heterocycles. The molecule has 1 aliphatic rings. The van der Waals surface area contributed by atoms with Crippen molar-refractivity contribution in [3.05, 3.63) is 35.4 Å². The van der Waals surface area contributed by atoms with Crippen molar-refractivity contribution in [2.75, 3.05) is 7.11 Å². The van der Waals surface area contributed by atoms with Crippen molar-refractivity contribution in [3.63, 3.8) is 0 Å². The molecular formula is C14H18O3. The number of methoxy groups -OCH3 is 1. The summed E-state index contributed by atoms with van der Waals surface area (Å²) in [7, 11) is 1.78. The predicted octanol–water partition coefficient (Wildman–Crippen LogP) is 2.43. The van der Waals surface area contributed by atoms with E-state index in [0.29, 0.717) is 0 Å². The van der Waals surface area contributed by atoms with Gasteiger partial charge in [-0.05, 0) is 36.8 Å². The number of carbonyl (C=O) groups is 1. The summed E-state index contributed by atoms with van der Waals surface area (Å²) in [5, 5.41) is 8.67. The molecule has 0 saturated heterocycles. The Labute approximate surface area is 101 Å². The molecule has 1 fully saturated rings. The van der Waals surface area contributed by atoms with Crippen molar-refractivity contribution in [2.24, 2.45) is 0 Å². The minimum Gasteiger partial charge on any atom is -0.481 e. The van der Waals surface area contributed by atoms with Crippen LogP contribution in [0.25, 0.3) is 0 Å². The average molecular weight is 234 g/mol. The second-order valence-corrected chi connectivity index (χ2v) is 4.77. The molecule has 0 spiro atoms. The molecule has 17 heavy (non-hydrogen) atoms. The Morgan fingerprint density at radius 2 is 1.88 bits per heavy atom. The highest BCUT2D eigenvalue weighted by Crippen LogP contribution is 2.42. The number of aryl methyl sites for hydroxylation is 1. The van der Waals surface area contributed by atoms with Crippen molar-refractivity contribution in [2.45, 2.75) is 37.7 Å². The molecule has 0 unspecified atom stereocenters. The van der Waals surface area contributed by atoms with Crippen molar-refractivity contribution < 1.29 is 14.6 Å². The first-order valence-electron chi connectivity index (χ1n) is 5.98. The largest absolute Gasteiger partial charge is 0.481 e. The number of benzene rings is 1. The quantitative estimate of drug-likeness (QED) is 0.822. The van der Waals surface area contributed by atoms with E-state index >= 15 is 0 Å². The Morgan fingerprint density at radius 3 is 2.35 bits per heavy atom. The topological polar surface area (TPSA) is 46.5 Å². The van der Waals surface area contributed by atoms with E-state index in [4.69, 9.17) is 9.84 Å². The summed E-state index contributed by atoms with van der Waals surface area (Å²) in [6, 6.07) is 7.83. The maximum atomic E-state index is 10.5. The summed E-state index contributed by atoms with van der Waals surface area (Å²) in [4.78, 5) is 10.5. The summed E-state index contributed by atoms with van der Waals surface area (Å²) in [5.74, 6) is -0.783. The second kappa shape index (κ2) is 4.88. The molecule has 0 heterocycles.